The maximum atomic E-state index is 14.4. The molecule has 33 heavy (non-hydrogen) atoms. The van der Waals surface area contributed by atoms with Gasteiger partial charge in [-0.2, -0.15) is 0 Å². The number of benzene rings is 3. The minimum Gasteiger partial charge on any atom is -0.478 e. The molecule has 0 unspecified atom stereocenters. The number of carbonyl (C=O) groups is 2. The van der Waals surface area contributed by atoms with Gasteiger partial charge in [-0.1, -0.05) is 54.3 Å². The van der Waals surface area contributed by atoms with E-state index in [-0.39, 0.29) is 23.2 Å². The number of halogens is 1. The number of rotatable bonds is 5. The number of aromatic carboxylic acids is 1. The molecule has 0 aliphatic heterocycles. The van der Waals surface area contributed by atoms with Gasteiger partial charge in [0.25, 0.3) is 5.91 Å². The second-order valence-electron chi connectivity index (χ2n) is 6.93. The Kier molecular flexibility index (Phi) is 6.48. The van der Waals surface area contributed by atoms with Crippen LogP contribution in [0.25, 0.3) is 11.1 Å². The van der Waals surface area contributed by atoms with E-state index in [0.717, 1.165) is 6.07 Å². The number of carboxylic acid groups (broad SMARTS) is 1. The van der Waals surface area contributed by atoms with Crippen molar-refractivity contribution in [3.05, 3.63) is 82.7 Å². The molecule has 0 spiro atoms. The van der Waals surface area contributed by atoms with Gasteiger partial charge in [0.15, 0.2) is 0 Å². The van der Waals surface area contributed by atoms with Gasteiger partial charge < -0.3 is 16.6 Å². The van der Waals surface area contributed by atoms with Crippen LogP contribution in [0.5, 0.6) is 0 Å². The highest BCUT2D eigenvalue weighted by Crippen LogP contribution is 2.34. The van der Waals surface area contributed by atoms with Gasteiger partial charge in [0, 0.05) is 23.1 Å². The first-order valence-corrected chi connectivity index (χ1v) is 10.9. The highest BCUT2D eigenvalue weighted by molar-refractivity contribution is 7.89. The van der Waals surface area contributed by atoms with Crippen LogP contribution in [0.15, 0.2) is 59.5 Å². The molecule has 0 atom stereocenters. The average Bonchev–Trinajstić information content (AvgIpc) is 2.74. The van der Waals surface area contributed by atoms with Crippen molar-refractivity contribution in [2.45, 2.75) is 11.3 Å². The van der Waals surface area contributed by atoms with Crippen LogP contribution in [0.1, 0.15) is 31.8 Å². The van der Waals surface area contributed by atoms with Gasteiger partial charge in [-0.05, 0) is 17.7 Å². The van der Waals surface area contributed by atoms with Crippen molar-refractivity contribution in [3.8, 4) is 23.0 Å². The van der Waals surface area contributed by atoms with Gasteiger partial charge in [0.1, 0.15) is 10.7 Å². The molecule has 3 rings (SSSR count). The van der Waals surface area contributed by atoms with Crippen LogP contribution in [0.3, 0.4) is 0 Å². The topological polar surface area (TPSA) is 167 Å². The average molecular weight is 467 g/mol. The number of amides is 1. The van der Waals surface area contributed by atoms with E-state index in [0.29, 0.717) is 11.1 Å². The number of nitrogen functional groups attached to an aromatic ring is 1. The van der Waals surface area contributed by atoms with Gasteiger partial charge in [0.2, 0.25) is 10.0 Å². The van der Waals surface area contributed by atoms with E-state index in [4.69, 9.17) is 21.7 Å². The fourth-order valence-corrected chi connectivity index (χ4v) is 4.20. The summed E-state index contributed by atoms with van der Waals surface area (Å²) in [6.07, 6.45) is -0.242. The van der Waals surface area contributed by atoms with Crippen molar-refractivity contribution in [1.82, 2.24) is 0 Å². The van der Waals surface area contributed by atoms with E-state index >= 15 is 0 Å². The van der Waals surface area contributed by atoms with E-state index in [1.165, 1.54) is 18.2 Å². The molecular weight excluding hydrogens is 449 g/mol. The molecule has 0 bridgehead atoms. The summed E-state index contributed by atoms with van der Waals surface area (Å²) in [6, 6.07) is 13.8. The van der Waals surface area contributed by atoms with Crippen LogP contribution in [0, 0.1) is 17.7 Å². The van der Waals surface area contributed by atoms with Gasteiger partial charge >= 0.3 is 5.97 Å². The third-order valence-corrected chi connectivity index (χ3v) is 5.74. The van der Waals surface area contributed by atoms with E-state index < -0.39 is 43.7 Å². The number of primary sulfonamides is 1. The van der Waals surface area contributed by atoms with Gasteiger partial charge in [-0.15, -0.1) is 0 Å². The summed E-state index contributed by atoms with van der Waals surface area (Å²) in [5.41, 5.74) is 11.0. The van der Waals surface area contributed by atoms with Crippen LogP contribution < -0.4 is 16.6 Å². The number of hydrogen-bond acceptors (Lipinski definition) is 5. The first kappa shape index (κ1) is 23.5. The number of anilines is 1. The van der Waals surface area contributed by atoms with Crippen LogP contribution >= 0.6 is 0 Å². The van der Waals surface area contributed by atoms with Gasteiger partial charge in [0.05, 0.1) is 16.8 Å². The maximum absolute atomic E-state index is 14.4. The monoisotopic (exact) mass is 467 g/mol. The predicted molar refractivity (Wildman–Crippen MR) is 120 cm³/mol. The highest BCUT2D eigenvalue weighted by atomic mass is 32.2. The molecule has 0 aromatic heterocycles. The Morgan fingerprint density at radius 2 is 1.73 bits per heavy atom. The number of primary amides is 1. The fourth-order valence-electron chi connectivity index (χ4n) is 3.28. The summed E-state index contributed by atoms with van der Waals surface area (Å²) in [5.74, 6) is 1.70. The molecule has 8 nitrogen and oxygen atoms in total. The quantitative estimate of drug-likeness (QED) is 0.331. The van der Waals surface area contributed by atoms with E-state index in [1.807, 2.05) is 0 Å². The summed E-state index contributed by atoms with van der Waals surface area (Å²) in [5, 5.41) is 14.4. The van der Waals surface area contributed by atoms with Crippen molar-refractivity contribution in [3.63, 3.8) is 0 Å². The lowest BCUT2D eigenvalue weighted by atomic mass is 9.96. The van der Waals surface area contributed by atoms with Crippen LogP contribution in [-0.2, 0) is 16.4 Å². The van der Waals surface area contributed by atoms with Crippen molar-refractivity contribution in [1.29, 1.82) is 0 Å². The SMILES string of the molecule is NC(=O)c1c(N)c(-c2ccccc2)cc(C#CCc2cccc(C(=O)O)c2F)c1S(N)(=O)=O. The lowest BCUT2D eigenvalue weighted by Crippen LogP contribution is -2.24. The number of nitrogens with two attached hydrogens (primary N) is 3. The number of sulfonamides is 1. The van der Waals surface area contributed by atoms with E-state index in [2.05, 4.69) is 11.8 Å². The zero-order valence-corrected chi connectivity index (χ0v) is 17.8. The van der Waals surface area contributed by atoms with Gasteiger partial charge in [-0.25, -0.2) is 22.7 Å². The summed E-state index contributed by atoms with van der Waals surface area (Å²) in [6.45, 7) is 0. The largest absolute Gasteiger partial charge is 0.478 e. The maximum Gasteiger partial charge on any atom is 0.338 e. The van der Waals surface area contributed by atoms with Crippen LogP contribution in [0.2, 0.25) is 0 Å². The van der Waals surface area contributed by atoms with E-state index in [1.54, 1.807) is 30.3 Å². The lowest BCUT2D eigenvalue weighted by molar-refractivity contribution is 0.0691. The van der Waals surface area contributed by atoms with Crippen molar-refractivity contribution in [2.24, 2.45) is 10.9 Å². The Hall–Kier alpha value is -4.20. The molecular formula is C23H18FN3O5S. The Balaban J connectivity index is 2.22. The molecule has 0 heterocycles. The zero-order chi connectivity index (χ0) is 24.3. The molecule has 0 aliphatic carbocycles. The highest BCUT2D eigenvalue weighted by Gasteiger charge is 2.27. The Labute approximate surface area is 188 Å². The molecule has 0 radical (unpaired) electrons. The third-order valence-electron chi connectivity index (χ3n) is 4.75. The Morgan fingerprint density at radius 1 is 1.06 bits per heavy atom. The molecule has 0 aliphatic rings. The molecule has 0 saturated carbocycles. The summed E-state index contributed by atoms with van der Waals surface area (Å²) in [7, 11) is -4.49. The molecule has 0 saturated heterocycles. The van der Waals surface area contributed by atoms with Crippen LogP contribution in [-0.4, -0.2) is 25.4 Å². The smallest absolute Gasteiger partial charge is 0.338 e. The molecule has 168 valence electrons. The first-order valence-electron chi connectivity index (χ1n) is 9.36. The molecule has 10 heteroatoms. The van der Waals surface area contributed by atoms with Crippen LogP contribution in [0.4, 0.5) is 10.1 Å². The van der Waals surface area contributed by atoms with Crippen molar-refractivity contribution in [2.75, 3.05) is 5.73 Å². The molecule has 7 N–H and O–H groups in total. The molecule has 3 aromatic rings. The minimum atomic E-state index is -4.49. The second kappa shape index (κ2) is 9.12. The molecule has 1 amide bonds. The number of carboxylic acids is 1. The summed E-state index contributed by atoms with van der Waals surface area (Å²) in [4.78, 5) is 22.6. The fraction of sp³-hybridized carbons (Fsp3) is 0.0435. The van der Waals surface area contributed by atoms with Crippen molar-refractivity contribution < 1.29 is 27.5 Å². The summed E-state index contributed by atoms with van der Waals surface area (Å²) < 4.78 is 39.0. The molecule has 3 aromatic carbocycles. The number of hydrogen-bond donors (Lipinski definition) is 4. The van der Waals surface area contributed by atoms with E-state index in [9.17, 15) is 22.4 Å². The normalized spacial score (nSPS) is 10.8. The second-order valence-corrected chi connectivity index (χ2v) is 8.43. The van der Waals surface area contributed by atoms with Gasteiger partial charge in [-0.3, -0.25) is 4.79 Å². The van der Waals surface area contributed by atoms with Crippen molar-refractivity contribution >= 4 is 27.6 Å². The standard InChI is InChI=1S/C23H18FN3O5S/c24-19-14(9-5-11-16(19)23(29)30)8-4-10-15-12-17(13-6-2-1-3-7-13)20(25)18(22(26)28)21(15)33(27,31)32/h1-3,5-7,9,11-12H,8,25H2,(H2,26,28)(H,29,30)(H2,27,31,32). The minimum absolute atomic E-state index is 0.00610. The molecule has 0 fully saturated rings. The Bertz CT molecular complexity index is 1440. The summed E-state index contributed by atoms with van der Waals surface area (Å²) >= 11 is 0. The first-order chi connectivity index (χ1) is 15.5. The number of carbonyl (C=O) groups excluding carboxylic acids is 1. The zero-order valence-electron chi connectivity index (χ0n) is 17.0. The third kappa shape index (κ3) is 4.85. The Morgan fingerprint density at radius 3 is 2.30 bits per heavy atom. The lowest BCUT2D eigenvalue weighted by Gasteiger charge is -2.15. The predicted octanol–water partition coefficient (Wildman–Crippen LogP) is 2.11.